The van der Waals surface area contributed by atoms with Crippen molar-refractivity contribution in [3.8, 4) is 0 Å². The highest BCUT2D eigenvalue weighted by Crippen LogP contribution is 2.31. The molecule has 2 saturated heterocycles. The molecule has 2 heterocycles. The Bertz CT molecular complexity index is 543. The number of carbonyl (C=O) groups excluding carboxylic acids is 1. The average molecular weight is 305 g/mol. The molecule has 0 aliphatic carbocycles. The predicted octanol–water partition coefficient (Wildman–Crippen LogP) is 1.74. The summed E-state index contributed by atoms with van der Waals surface area (Å²) >= 11 is 0. The van der Waals surface area contributed by atoms with Crippen molar-refractivity contribution in [1.29, 1.82) is 0 Å². The van der Waals surface area contributed by atoms with Gasteiger partial charge in [-0.15, -0.1) is 0 Å². The molecule has 6 nitrogen and oxygen atoms in total. The van der Waals surface area contributed by atoms with Gasteiger partial charge in [-0.3, -0.25) is 4.79 Å². The number of carboxylic acid groups (broad SMARTS) is 1. The molecule has 1 amide bonds. The number of hydrogen-bond acceptors (Lipinski definition) is 4. The number of ether oxygens (including phenoxy) is 2. The molecule has 2 aliphatic rings. The third-order valence-electron chi connectivity index (χ3n) is 4.18. The van der Waals surface area contributed by atoms with Crippen LogP contribution in [0.1, 0.15) is 12.0 Å². The van der Waals surface area contributed by atoms with E-state index in [2.05, 4.69) is 0 Å². The van der Waals surface area contributed by atoms with Crippen molar-refractivity contribution in [1.82, 2.24) is 4.90 Å². The molecule has 1 aromatic rings. The van der Waals surface area contributed by atoms with Gasteiger partial charge in [-0.05, 0) is 12.0 Å². The van der Waals surface area contributed by atoms with Crippen LogP contribution < -0.4 is 0 Å². The maximum absolute atomic E-state index is 12.2. The van der Waals surface area contributed by atoms with Crippen LogP contribution in [0.4, 0.5) is 4.79 Å². The summed E-state index contributed by atoms with van der Waals surface area (Å²) < 4.78 is 10.6. The molecule has 3 atom stereocenters. The quantitative estimate of drug-likeness (QED) is 0.857. The third-order valence-corrected chi connectivity index (χ3v) is 4.18. The molecule has 0 spiro atoms. The summed E-state index contributed by atoms with van der Waals surface area (Å²) in [4.78, 5) is 25.0. The lowest BCUT2D eigenvalue weighted by Crippen LogP contribution is -2.47. The normalized spacial score (nSPS) is 27.3. The van der Waals surface area contributed by atoms with E-state index in [9.17, 15) is 14.7 Å². The van der Waals surface area contributed by atoms with Crippen LogP contribution >= 0.6 is 0 Å². The smallest absolute Gasteiger partial charge is 0.410 e. The highest BCUT2D eigenvalue weighted by atomic mass is 16.6. The van der Waals surface area contributed by atoms with Crippen LogP contribution in [-0.4, -0.2) is 47.9 Å². The molecule has 0 saturated carbocycles. The Morgan fingerprint density at radius 2 is 2.00 bits per heavy atom. The number of aliphatic carboxylic acids is 1. The van der Waals surface area contributed by atoms with E-state index in [1.54, 1.807) is 0 Å². The monoisotopic (exact) mass is 305 g/mol. The molecule has 1 N–H and O–H groups in total. The number of hydrogen-bond donors (Lipinski definition) is 1. The number of piperidine rings is 1. The molecule has 0 bridgehead atoms. The Hall–Kier alpha value is -2.08. The molecule has 22 heavy (non-hydrogen) atoms. The molecule has 0 aromatic heterocycles. The molecule has 0 radical (unpaired) electrons. The van der Waals surface area contributed by atoms with E-state index in [-0.39, 0.29) is 25.2 Å². The zero-order chi connectivity index (χ0) is 15.5. The van der Waals surface area contributed by atoms with Gasteiger partial charge in [0, 0.05) is 19.0 Å². The van der Waals surface area contributed by atoms with Crippen molar-refractivity contribution in [2.24, 2.45) is 11.8 Å². The van der Waals surface area contributed by atoms with E-state index in [1.165, 1.54) is 4.90 Å². The summed E-state index contributed by atoms with van der Waals surface area (Å²) in [6, 6.07) is 9.42. The van der Waals surface area contributed by atoms with Crippen LogP contribution in [0.3, 0.4) is 0 Å². The number of carboxylic acids is 1. The summed E-state index contributed by atoms with van der Waals surface area (Å²) in [6.45, 7) is 1.55. The van der Waals surface area contributed by atoms with Gasteiger partial charge >= 0.3 is 12.1 Å². The van der Waals surface area contributed by atoms with Crippen molar-refractivity contribution in [2.75, 3.05) is 19.7 Å². The summed E-state index contributed by atoms with van der Waals surface area (Å²) in [6.07, 6.45) is 0.190. The average Bonchev–Trinajstić information content (AvgIpc) is 3.38. The van der Waals surface area contributed by atoms with Crippen LogP contribution in [0.5, 0.6) is 0 Å². The van der Waals surface area contributed by atoms with Crippen LogP contribution in [0.25, 0.3) is 0 Å². The van der Waals surface area contributed by atoms with Crippen LogP contribution in [0, 0.1) is 11.8 Å². The Morgan fingerprint density at radius 3 is 2.64 bits per heavy atom. The van der Waals surface area contributed by atoms with E-state index < -0.39 is 18.0 Å². The van der Waals surface area contributed by atoms with Crippen LogP contribution in [0.2, 0.25) is 0 Å². The van der Waals surface area contributed by atoms with Crippen LogP contribution in [-0.2, 0) is 20.9 Å². The molecule has 2 aliphatic heterocycles. The minimum atomic E-state index is -0.869. The fourth-order valence-electron chi connectivity index (χ4n) is 2.87. The van der Waals surface area contributed by atoms with Gasteiger partial charge in [0.15, 0.2) is 0 Å². The first-order valence-electron chi connectivity index (χ1n) is 7.43. The number of rotatable bonds is 4. The molecule has 3 unspecified atom stereocenters. The van der Waals surface area contributed by atoms with Gasteiger partial charge in [-0.2, -0.15) is 0 Å². The van der Waals surface area contributed by atoms with Crippen molar-refractivity contribution >= 4 is 12.1 Å². The number of epoxide rings is 1. The van der Waals surface area contributed by atoms with Gasteiger partial charge in [-0.1, -0.05) is 30.3 Å². The topological polar surface area (TPSA) is 79.4 Å². The first kappa shape index (κ1) is 14.8. The number of likely N-dealkylation sites (tertiary alicyclic amines) is 1. The molecule has 2 fully saturated rings. The molecular formula is C16H19NO5. The Kier molecular flexibility index (Phi) is 4.29. The van der Waals surface area contributed by atoms with Gasteiger partial charge in [0.05, 0.1) is 18.6 Å². The lowest BCUT2D eigenvalue weighted by atomic mass is 9.87. The fraction of sp³-hybridized carbons (Fsp3) is 0.500. The van der Waals surface area contributed by atoms with Crippen molar-refractivity contribution in [3.05, 3.63) is 35.9 Å². The van der Waals surface area contributed by atoms with Crippen molar-refractivity contribution < 1.29 is 24.2 Å². The van der Waals surface area contributed by atoms with Gasteiger partial charge in [0.25, 0.3) is 0 Å². The predicted molar refractivity (Wildman–Crippen MR) is 77.2 cm³/mol. The largest absolute Gasteiger partial charge is 0.481 e. The standard InChI is InChI=1S/C16H19NO5/c18-15(19)13-6-12(14-10-21-14)7-17(8-13)16(20)22-9-11-4-2-1-3-5-11/h1-5,12-14H,6-10H2,(H,18,19). The zero-order valence-corrected chi connectivity index (χ0v) is 12.2. The Labute approximate surface area is 128 Å². The summed E-state index contributed by atoms with van der Waals surface area (Å²) in [7, 11) is 0. The van der Waals surface area contributed by atoms with E-state index >= 15 is 0 Å². The highest BCUT2D eigenvalue weighted by molar-refractivity contribution is 5.73. The van der Waals surface area contributed by atoms with E-state index in [0.717, 1.165) is 5.56 Å². The Morgan fingerprint density at radius 1 is 1.27 bits per heavy atom. The van der Waals surface area contributed by atoms with Gasteiger partial charge in [0.2, 0.25) is 0 Å². The van der Waals surface area contributed by atoms with Gasteiger partial charge < -0.3 is 19.5 Å². The second-order valence-electron chi connectivity index (χ2n) is 5.85. The van der Waals surface area contributed by atoms with E-state index in [4.69, 9.17) is 9.47 Å². The SMILES string of the molecule is O=C(O)C1CC(C2CO2)CN(C(=O)OCc2ccccc2)C1. The second-order valence-corrected chi connectivity index (χ2v) is 5.85. The number of amides is 1. The second kappa shape index (κ2) is 6.36. The summed E-state index contributed by atoms with van der Waals surface area (Å²) in [5.41, 5.74) is 0.907. The molecular weight excluding hydrogens is 286 g/mol. The number of nitrogens with zero attached hydrogens (tertiary/aromatic N) is 1. The first-order chi connectivity index (χ1) is 10.6. The molecule has 1 aromatic carbocycles. The molecule has 3 rings (SSSR count). The maximum Gasteiger partial charge on any atom is 0.410 e. The minimum Gasteiger partial charge on any atom is -0.481 e. The number of carbonyl (C=O) groups is 2. The van der Waals surface area contributed by atoms with E-state index in [1.807, 2.05) is 30.3 Å². The lowest BCUT2D eigenvalue weighted by molar-refractivity contribution is -0.144. The highest BCUT2D eigenvalue weighted by Gasteiger charge is 2.42. The third kappa shape index (κ3) is 3.57. The molecule has 118 valence electrons. The lowest BCUT2D eigenvalue weighted by Gasteiger charge is -2.34. The number of benzene rings is 1. The van der Waals surface area contributed by atoms with Crippen LogP contribution in [0.15, 0.2) is 30.3 Å². The summed E-state index contributed by atoms with van der Waals surface area (Å²) in [5.74, 6) is -1.34. The van der Waals surface area contributed by atoms with Gasteiger partial charge in [-0.25, -0.2) is 4.79 Å². The molecule has 6 heteroatoms. The van der Waals surface area contributed by atoms with Gasteiger partial charge in [0.1, 0.15) is 6.61 Å². The zero-order valence-electron chi connectivity index (χ0n) is 12.2. The first-order valence-corrected chi connectivity index (χ1v) is 7.43. The summed E-state index contributed by atoms with van der Waals surface area (Å²) in [5, 5.41) is 9.25. The Balaban J connectivity index is 1.59. The van der Waals surface area contributed by atoms with E-state index in [0.29, 0.717) is 19.6 Å². The van der Waals surface area contributed by atoms with Crippen molar-refractivity contribution in [2.45, 2.75) is 19.1 Å². The maximum atomic E-state index is 12.2. The van der Waals surface area contributed by atoms with Crippen molar-refractivity contribution in [3.63, 3.8) is 0 Å². The fourth-order valence-corrected chi connectivity index (χ4v) is 2.87. The minimum absolute atomic E-state index is 0.0825.